The van der Waals surface area contributed by atoms with Gasteiger partial charge >= 0.3 is 0 Å². The lowest BCUT2D eigenvalue weighted by molar-refractivity contribution is 0.0731. The molecule has 0 saturated heterocycles. The van der Waals surface area contributed by atoms with Gasteiger partial charge in [-0.2, -0.15) is 0 Å². The maximum Gasteiger partial charge on any atom is 0.270 e. The van der Waals surface area contributed by atoms with Crippen LogP contribution in [-0.4, -0.2) is 22.4 Å². The van der Waals surface area contributed by atoms with Gasteiger partial charge in [0.05, 0.1) is 11.7 Å². The summed E-state index contributed by atoms with van der Waals surface area (Å²) >= 11 is 0. The minimum Gasteiger partial charge on any atom is -0.397 e. The van der Waals surface area contributed by atoms with Crippen LogP contribution in [0.15, 0.2) is 42.6 Å². The summed E-state index contributed by atoms with van der Waals surface area (Å²) in [6.45, 7) is 2.04. The van der Waals surface area contributed by atoms with E-state index in [1.54, 1.807) is 11.0 Å². The van der Waals surface area contributed by atoms with Crippen LogP contribution < -0.4 is 5.73 Å². The topological polar surface area (TPSA) is 51.3 Å². The van der Waals surface area contributed by atoms with E-state index in [0.29, 0.717) is 17.4 Å². The van der Waals surface area contributed by atoms with Crippen molar-refractivity contribution in [2.75, 3.05) is 12.8 Å². The lowest BCUT2D eigenvalue weighted by Gasteiger charge is -2.26. The molecule has 1 amide bonds. The van der Waals surface area contributed by atoms with Gasteiger partial charge in [-0.25, -0.2) is 0 Å². The Morgan fingerprint density at radius 3 is 2.62 bits per heavy atom. The largest absolute Gasteiger partial charge is 0.397 e. The van der Waals surface area contributed by atoms with Crippen LogP contribution in [0.5, 0.6) is 0 Å². The summed E-state index contributed by atoms with van der Waals surface area (Å²) in [6, 6.07) is 12.3. The minimum atomic E-state index is 0.0231. The molecule has 0 bridgehead atoms. The molecule has 1 atom stereocenters. The first kappa shape index (κ1) is 13.7. The van der Waals surface area contributed by atoms with Gasteiger partial charge in [0, 0.05) is 19.3 Å². The van der Waals surface area contributed by atoms with Gasteiger partial charge in [-0.05, 0) is 31.4 Å². The quantitative estimate of drug-likeness (QED) is 0.936. The molecule has 1 aliphatic carbocycles. The van der Waals surface area contributed by atoms with Crippen molar-refractivity contribution in [2.24, 2.45) is 0 Å². The van der Waals surface area contributed by atoms with Crippen LogP contribution in [0.1, 0.15) is 47.9 Å². The Kier molecular flexibility index (Phi) is 3.45. The number of rotatable bonds is 4. The molecule has 110 valence electrons. The fourth-order valence-electron chi connectivity index (χ4n) is 2.64. The predicted octanol–water partition coefficient (Wildman–Crippen LogP) is 3.24. The average Bonchev–Trinajstić information content (AvgIpc) is 3.28. The standard InChI is InChI=1S/C17H21N3O/c1-12(13-6-4-3-5-7-13)19(2)17(21)16-10-14(18)11-20(16)15-8-9-15/h3-7,10-12,15H,8-9,18H2,1-2H3. The summed E-state index contributed by atoms with van der Waals surface area (Å²) in [6.07, 6.45) is 4.14. The fourth-order valence-corrected chi connectivity index (χ4v) is 2.64. The molecular weight excluding hydrogens is 262 g/mol. The molecule has 1 aliphatic rings. The number of anilines is 1. The molecule has 0 spiro atoms. The van der Waals surface area contributed by atoms with E-state index in [1.165, 1.54) is 0 Å². The van der Waals surface area contributed by atoms with Crippen molar-refractivity contribution in [2.45, 2.75) is 31.8 Å². The van der Waals surface area contributed by atoms with Crippen LogP contribution in [0.2, 0.25) is 0 Å². The highest BCUT2D eigenvalue weighted by Crippen LogP contribution is 2.37. The van der Waals surface area contributed by atoms with Crippen LogP contribution in [0.3, 0.4) is 0 Å². The Balaban J connectivity index is 1.84. The average molecular weight is 283 g/mol. The first-order chi connectivity index (χ1) is 10.1. The van der Waals surface area contributed by atoms with Crippen LogP contribution in [0.4, 0.5) is 5.69 Å². The van der Waals surface area contributed by atoms with Crippen molar-refractivity contribution in [3.8, 4) is 0 Å². The molecule has 3 rings (SSSR count). The smallest absolute Gasteiger partial charge is 0.270 e. The van der Waals surface area contributed by atoms with Gasteiger partial charge in [0.25, 0.3) is 5.91 Å². The van der Waals surface area contributed by atoms with E-state index >= 15 is 0 Å². The zero-order valence-electron chi connectivity index (χ0n) is 12.5. The third kappa shape index (κ3) is 2.66. The summed E-state index contributed by atoms with van der Waals surface area (Å²) in [5, 5.41) is 0. The molecule has 1 fully saturated rings. The molecule has 1 saturated carbocycles. The van der Waals surface area contributed by atoms with Gasteiger partial charge in [-0.15, -0.1) is 0 Å². The number of nitrogens with two attached hydrogens (primary N) is 1. The Labute approximate surface area is 125 Å². The second kappa shape index (κ2) is 5.28. The van der Waals surface area contributed by atoms with E-state index in [1.807, 2.05) is 55.1 Å². The number of aromatic nitrogens is 1. The van der Waals surface area contributed by atoms with Crippen LogP contribution in [0.25, 0.3) is 0 Å². The zero-order valence-corrected chi connectivity index (χ0v) is 12.5. The van der Waals surface area contributed by atoms with E-state index in [-0.39, 0.29) is 11.9 Å². The predicted molar refractivity (Wildman–Crippen MR) is 84.1 cm³/mol. The number of hydrogen-bond acceptors (Lipinski definition) is 2. The molecule has 0 aliphatic heterocycles. The second-order valence-corrected chi connectivity index (χ2v) is 5.80. The van der Waals surface area contributed by atoms with Crippen molar-refractivity contribution in [3.63, 3.8) is 0 Å². The van der Waals surface area contributed by atoms with E-state index in [2.05, 4.69) is 0 Å². The monoisotopic (exact) mass is 283 g/mol. The first-order valence-electron chi connectivity index (χ1n) is 7.37. The molecule has 2 N–H and O–H groups in total. The fraction of sp³-hybridized carbons (Fsp3) is 0.353. The van der Waals surface area contributed by atoms with E-state index in [4.69, 9.17) is 5.73 Å². The zero-order chi connectivity index (χ0) is 15.0. The molecule has 4 nitrogen and oxygen atoms in total. The Bertz CT molecular complexity index is 643. The number of carbonyl (C=O) groups excluding carboxylic acids is 1. The number of carbonyl (C=O) groups is 1. The Hall–Kier alpha value is -2.23. The van der Waals surface area contributed by atoms with Gasteiger partial charge in [-0.3, -0.25) is 4.79 Å². The van der Waals surface area contributed by atoms with E-state index in [0.717, 1.165) is 18.4 Å². The molecule has 21 heavy (non-hydrogen) atoms. The highest BCUT2D eigenvalue weighted by molar-refractivity contribution is 5.94. The van der Waals surface area contributed by atoms with Crippen molar-refractivity contribution >= 4 is 11.6 Å². The van der Waals surface area contributed by atoms with E-state index < -0.39 is 0 Å². The van der Waals surface area contributed by atoms with Gasteiger partial charge in [0.1, 0.15) is 5.69 Å². The number of nitrogens with zero attached hydrogens (tertiary/aromatic N) is 2. The Morgan fingerprint density at radius 1 is 1.33 bits per heavy atom. The molecular formula is C17H21N3O. The maximum atomic E-state index is 12.8. The van der Waals surface area contributed by atoms with Crippen LogP contribution in [-0.2, 0) is 0 Å². The molecule has 1 aromatic heterocycles. The van der Waals surface area contributed by atoms with Crippen molar-refractivity contribution in [1.82, 2.24) is 9.47 Å². The van der Waals surface area contributed by atoms with E-state index in [9.17, 15) is 4.79 Å². The highest BCUT2D eigenvalue weighted by Gasteiger charge is 2.29. The van der Waals surface area contributed by atoms with Gasteiger partial charge in [-0.1, -0.05) is 30.3 Å². The number of nitrogen functional groups attached to an aromatic ring is 1. The summed E-state index contributed by atoms with van der Waals surface area (Å²) in [5.41, 5.74) is 8.36. The maximum absolute atomic E-state index is 12.8. The van der Waals surface area contributed by atoms with Crippen molar-refractivity contribution in [1.29, 1.82) is 0 Å². The second-order valence-electron chi connectivity index (χ2n) is 5.80. The molecule has 0 radical (unpaired) electrons. The summed E-state index contributed by atoms with van der Waals surface area (Å²) in [4.78, 5) is 14.6. The minimum absolute atomic E-state index is 0.0231. The van der Waals surface area contributed by atoms with Gasteiger partial charge in [0.15, 0.2) is 0 Å². The van der Waals surface area contributed by atoms with Crippen LogP contribution in [0, 0.1) is 0 Å². The first-order valence-corrected chi connectivity index (χ1v) is 7.37. The summed E-state index contributed by atoms with van der Waals surface area (Å²) < 4.78 is 2.03. The van der Waals surface area contributed by atoms with Gasteiger partial charge in [0.2, 0.25) is 0 Å². The molecule has 2 aromatic rings. The number of amides is 1. The Morgan fingerprint density at radius 2 is 2.00 bits per heavy atom. The third-order valence-corrected chi connectivity index (χ3v) is 4.21. The SMILES string of the molecule is CC(c1ccccc1)N(C)C(=O)c1cc(N)cn1C1CC1. The lowest BCUT2D eigenvalue weighted by atomic mass is 10.1. The number of hydrogen-bond donors (Lipinski definition) is 1. The van der Waals surface area contributed by atoms with Crippen molar-refractivity contribution < 1.29 is 4.79 Å². The molecule has 1 heterocycles. The third-order valence-electron chi connectivity index (χ3n) is 4.21. The number of benzene rings is 1. The van der Waals surface area contributed by atoms with Gasteiger partial charge < -0.3 is 15.2 Å². The lowest BCUT2D eigenvalue weighted by Crippen LogP contribution is -2.31. The highest BCUT2D eigenvalue weighted by atomic mass is 16.2. The van der Waals surface area contributed by atoms with Crippen molar-refractivity contribution in [3.05, 3.63) is 53.9 Å². The van der Waals surface area contributed by atoms with Crippen LogP contribution >= 0.6 is 0 Å². The molecule has 4 heteroatoms. The molecule has 1 unspecified atom stereocenters. The normalized spacial score (nSPS) is 15.7. The summed E-state index contributed by atoms with van der Waals surface area (Å²) in [5.74, 6) is 0.0231. The summed E-state index contributed by atoms with van der Waals surface area (Å²) in [7, 11) is 1.85. The molecule has 1 aromatic carbocycles.